The van der Waals surface area contributed by atoms with E-state index in [9.17, 15) is 9.59 Å². The summed E-state index contributed by atoms with van der Waals surface area (Å²) in [5.41, 5.74) is 2.62. The summed E-state index contributed by atoms with van der Waals surface area (Å²) in [4.78, 5) is 44.4. The lowest BCUT2D eigenvalue weighted by atomic mass is 10.1. The summed E-state index contributed by atoms with van der Waals surface area (Å²) in [6, 6.07) is 3.63. The van der Waals surface area contributed by atoms with E-state index >= 15 is 0 Å². The van der Waals surface area contributed by atoms with Crippen molar-refractivity contribution in [3.63, 3.8) is 0 Å². The molecule has 4 heterocycles. The number of amides is 2. The van der Waals surface area contributed by atoms with Gasteiger partial charge in [0.05, 0.1) is 28.6 Å². The average molecular weight is 394 g/mol. The second-order valence-electron chi connectivity index (χ2n) is 7.75. The van der Waals surface area contributed by atoms with E-state index in [-0.39, 0.29) is 17.9 Å². The minimum absolute atomic E-state index is 0.0218. The van der Waals surface area contributed by atoms with Crippen LogP contribution >= 0.6 is 0 Å². The molecule has 2 fully saturated rings. The molecule has 4 rings (SSSR count). The number of pyridine rings is 1. The van der Waals surface area contributed by atoms with E-state index in [1.165, 1.54) is 6.33 Å². The summed E-state index contributed by atoms with van der Waals surface area (Å²) in [6.45, 7) is 5.75. The molecule has 0 saturated carbocycles. The number of rotatable bonds is 3. The lowest BCUT2D eigenvalue weighted by Crippen LogP contribution is -2.47. The highest BCUT2D eigenvalue weighted by atomic mass is 16.2. The third kappa shape index (κ3) is 3.98. The van der Waals surface area contributed by atoms with Crippen LogP contribution in [0.1, 0.15) is 51.0 Å². The maximum atomic E-state index is 13.0. The molecule has 0 radical (unpaired) electrons. The molecule has 2 saturated heterocycles. The largest absolute Gasteiger partial charge is 0.336 e. The number of likely N-dealkylation sites (tertiary alicyclic amines) is 1. The molecule has 1 atom stereocenters. The minimum atomic E-state index is -0.0881. The first-order chi connectivity index (χ1) is 14.0. The van der Waals surface area contributed by atoms with Gasteiger partial charge in [0.25, 0.3) is 11.8 Å². The molecule has 0 N–H and O–H groups in total. The Hall–Kier alpha value is -2.87. The summed E-state index contributed by atoms with van der Waals surface area (Å²) < 4.78 is 0. The Bertz CT molecular complexity index is 892. The van der Waals surface area contributed by atoms with Crippen molar-refractivity contribution in [2.45, 2.75) is 25.8 Å². The van der Waals surface area contributed by atoms with Crippen LogP contribution in [0.25, 0.3) is 0 Å². The predicted octanol–water partition coefficient (Wildman–Crippen LogP) is 1.54. The second-order valence-corrected chi connectivity index (χ2v) is 7.75. The van der Waals surface area contributed by atoms with Crippen LogP contribution in [0, 0.1) is 6.92 Å². The number of hydrogen-bond donors (Lipinski definition) is 0. The molecule has 0 aliphatic carbocycles. The van der Waals surface area contributed by atoms with Crippen molar-refractivity contribution in [2.24, 2.45) is 0 Å². The van der Waals surface area contributed by atoms with E-state index in [4.69, 9.17) is 0 Å². The van der Waals surface area contributed by atoms with Gasteiger partial charge in [-0.15, -0.1) is 0 Å². The van der Waals surface area contributed by atoms with Crippen molar-refractivity contribution in [1.29, 1.82) is 0 Å². The molecule has 0 bridgehead atoms. The molecule has 2 aliphatic rings. The summed E-state index contributed by atoms with van der Waals surface area (Å²) in [5, 5.41) is 0. The van der Waals surface area contributed by atoms with Crippen LogP contribution in [0.5, 0.6) is 0 Å². The first kappa shape index (κ1) is 19.4. The molecule has 0 spiro atoms. The number of likely N-dealkylation sites (N-methyl/N-ethyl adjacent to an activating group) is 1. The number of piperazine rings is 1. The zero-order valence-corrected chi connectivity index (χ0v) is 16.9. The van der Waals surface area contributed by atoms with E-state index in [1.54, 1.807) is 12.4 Å². The molecule has 2 aliphatic heterocycles. The van der Waals surface area contributed by atoms with Crippen LogP contribution < -0.4 is 0 Å². The van der Waals surface area contributed by atoms with E-state index in [2.05, 4.69) is 26.9 Å². The Labute approximate surface area is 170 Å². The summed E-state index contributed by atoms with van der Waals surface area (Å²) in [5.74, 6) is -0.0430. The van der Waals surface area contributed by atoms with Gasteiger partial charge in [-0.2, -0.15) is 0 Å². The van der Waals surface area contributed by atoms with Gasteiger partial charge in [0.1, 0.15) is 6.33 Å². The molecular formula is C21H26N6O2. The number of carbonyl (C=O) groups excluding carboxylic acids is 2. The van der Waals surface area contributed by atoms with Crippen LogP contribution in [-0.2, 0) is 0 Å². The second kappa shape index (κ2) is 8.24. The zero-order chi connectivity index (χ0) is 20.4. The topological polar surface area (TPSA) is 82.5 Å². The van der Waals surface area contributed by atoms with Crippen molar-refractivity contribution in [3.8, 4) is 0 Å². The molecule has 0 aromatic carbocycles. The smallest absolute Gasteiger partial charge is 0.257 e. The number of aryl methyl sites for hydroxylation is 1. The monoisotopic (exact) mass is 394 g/mol. The van der Waals surface area contributed by atoms with Crippen molar-refractivity contribution in [2.75, 3.05) is 39.8 Å². The Morgan fingerprint density at radius 3 is 2.48 bits per heavy atom. The SMILES string of the molecule is Cc1ncncc1C(=O)N1CCC[C@@H]1c1ccc(C(=O)N2CCN(C)CC2)cn1. The van der Waals surface area contributed by atoms with E-state index in [0.29, 0.717) is 23.4 Å². The van der Waals surface area contributed by atoms with Gasteiger partial charge in [-0.3, -0.25) is 14.6 Å². The van der Waals surface area contributed by atoms with Gasteiger partial charge in [-0.1, -0.05) is 0 Å². The maximum Gasteiger partial charge on any atom is 0.257 e. The molecule has 8 nitrogen and oxygen atoms in total. The molecule has 8 heteroatoms. The first-order valence-corrected chi connectivity index (χ1v) is 10.1. The number of hydrogen-bond acceptors (Lipinski definition) is 6. The third-order valence-electron chi connectivity index (χ3n) is 5.82. The quantitative estimate of drug-likeness (QED) is 0.786. The fourth-order valence-electron chi connectivity index (χ4n) is 3.99. The number of carbonyl (C=O) groups is 2. The molecule has 2 aromatic rings. The Morgan fingerprint density at radius 1 is 1.00 bits per heavy atom. The van der Waals surface area contributed by atoms with Gasteiger partial charge in [-0.05, 0) is 38.9 Å². The molecule has 29 heavy (non-hydrogen) atoms. The predicted molar refractivity (Wildman–Crippen MR) is 107 cm³/mol. The molecule has 2 amide bonds. The highest BCUT2D eigenvalue weighted by molar-refractivity contribution is 5.95. The highest BCUT2D eigenvalue weighted by Crippen LogP contribution is 2.32. The van der Waals surface area contributed by atoms with Crippen LogP contribution in [0.2, 0.25) is 0 Å². The van der Waals surface area contributed by atoms with Crippen molar-refractivity contribution >= 4 is 11.8 Å². The van der Waals surface area contributed by atoms with E-state index in [0.717, 1.165) is 44.7 Å². The maximum absolute atomic E-state index is 13.0. The molecular weight excluding hydrogens is 368 g/mol. The van der Waals surface area contributed by atoms with Gasteiger partial charge in [0.2, 0.25) is 0 Å². The van der Waals surface area contributed by atoms with Crippen LogP contribution in [0.15, 0.2) is 30.9 Å². The van der Waals surface area contributed by atoms with Gasteiger partial charge in [-0.25, -0.2) is 9.97 Å². The lowest BCUT2D eigenvalue weighted by molar-refractivity contribution is 0.0661. The summed E-state index contributed by atoms with van der Waals surface area (Å²) in [6.07, 6.45) is 6.45. The normalized spacial score (nSPS) is 20.1. The Kier molecular flexibility index (Phi) is 5.53. The van der Waals surface area contributed by atoms with Crippen LogP contribution in [0.4, 0.5) is 0 Å². The fraction of sp³-hybridized carbons (Fsp3) is 0.476. The van der Waals surface area contributed by atoms with Crippen molar-refractivity contribution < 1.29 is 9.59 Å². The van der Waals surface area contributed by atoms with E-state index in [1.807, 2.05) is 28.9 Å². The average Bonchev–Trinajstić information content (AvgIpc) is 3.24. The van der Waals surface area contributed by atoms with Gasteiger partial charge in [0, 0.05) is 45.1 Å². The summed E-state index contributed by atoms with van der Waals surface area (Å²) in [7, 11) is 2.07. The first-order valence-electron chi connectivity index (χ1n) is 10.1. The minimum Gasteiger partial charge on any atom is -0.336 e. The molecule has 152 valence electrons. The number of nitrogens with zero attached hydrogens (tertiary/aromatic N) is 6. The van der Waals surface area contributed by atoms with Crippen molar-refractivity contribution in [3.05, 3.63) is 53.4 Å². The Balaban J connectivity index is 1.49. The van der Waals surface area contributed by atoms with Gasteiger partial charge in [0.15, 0.2) is 0 Å². The standard InChI is InChI=1S/C21H26N6O2/c1-15-17(13-22-14-24-15)21(29)27-7-3-4-19(27)18-6-5-16(12-23-18)20(28)26-10-8-25(2)9-11-26/h5-6,12-14,19H,3-4,7-11H2,1-2H3/t19-/m1/s1. The van der Waals surface area contributed by atoms with Crippen LogP contribution in [0.3, 0.4) is 0 Å². The van der Waals surface area contributed by atoms with Gasteiger partial charge < -0.3 is 14.7 Å². The van der Waals surface area contributed by atoms with Crippen molar-refractivity contribution in [1.82, 2.24) is 29.7 Å². The third-order valence-corrected chi connectivity index (χ3v) is 5.82. The highest BCUT2D eigenvalue weighted by Gasteiger charge is 2.32. The van der Waals surface area contributed by atoms with E-state index < -0.39 is 0 Å². The van der Waals surface area contributed by atoms with Crippen LogP contribution in [-0.4, -0.2) is 81.2 Å². The fourth-order valence-corrected chi connectivity index (χ4v) is 3.99. The molecule has 2 aromatic heterocycles. The van der Waals surface area contributed by atoms with Gasteiger partial charge >= 0.3 is 0 Å². The number of aromatic nitrogens is 3. The summed E-state index contributed by atoms with van der Waals surface area (Å²) >= 11 is 0. The zero-order valence-electron chi connectivity index (χ0n) is 16.9. The molecule has 0 unspecified atom stereocenters. The lowest BCUT2D eigenvalue weighted by Gasteiger charge is -2.32. The Morgan fingerprint density at radius 2 is 1.79 bits per heavy atom.